The Bertz CT molecular complexity index is 470. The molecular formula is C9H7N3O2S. The van der Waals surface area contributed by atoms with E-state index in [9.17, 15) is 9.59 Å². The second kappa shape index (κ2) is 3.82. The number of imide groups is 1. The van der Waals surface area contributed by atoms with Crippen molar-refractivity contribution in [3.8, 4) is 0 Å². The molecule has 2 amide bonds. The average molecular weight is 221 g/mol. The van der Waals surface area contributed by atoms with Crippen molar-refractivity contribution in [2.45, 2.75) is 6.92 Å². The van der Waals surface area contributed by atoms with E-state index in [0.29, 0.717) is 16.4 Å². The number of nitrogens with zero attached hydrogens (tertiary/aromatic N) is 2. The Morgan fingerprint density at radius 1 is 1.47 bits per heavy atom. The van der Waals surface area contributed by atoms with Crippen LogP contribution in [0.25, 0.3) is 6.08 Å². The molecule has 0 atom stereocenters. The number of nitrogens with one attached hydrogen (secondary N) is 1. The molecule has 0 spiro atoms. The molecule has 6 heteroatoms. The van der Waals surface area contributed by atoms with Crippen LogP contribution in [0.15, 0.2) is 17.2 Å². The van der Waals surface area contributed by atoms with Gasteiger partial charge in [0.25, 0.3) is 11.1 Å². The monoisotopic (exact) mass is 221 g/mol. The SMILES string of the molecule is Cc1nccc(/C=C2\SC(=O)NC2=O)n1. The van der Waals surface area contributed by atoms with Crippen LogP contribution in [0.5, 0.6) is 0 Å². The third-order valence-electron chi connectivity index (χ3n) is 1.72. The minimum absolute atomic E-state index is 0.350. The molecule has 0 aromatic carbocycles. The van der Waals surface area contributed by atoms with E-state index in [0.717, 1.165) is 11.8 Å². The van der Waals surface area contributed by atoms with Crippen molar-refractivity contribution in [2.24, 2.45) is 0 Å². The molecule has 76 valence electrons. The summed E-state index contributed by atoms with van der Waals surface area (Å²) in [6.45, 7) is 1.76. The quantitative estimate of drug-likeness (QED) is 0.719. The third kappa shape index (κ3) is 2.21. The summed E-state index contributed by atoms with van der Waals surface area (Å²) < 4.78 is 0. The predicted octanol–water partition coefficient (Wildman–Crippen LogP) is 1.11. The number of thioether (sulfide) groups is 1. The van der Waals surface area contributed by atoms with E-state index in [4.69, 9.17) is 0 Å². The normalized spacial score (nSPS) is 18.3. The zero-order chi connectivity index (χ0) is 10.8. The van der Waals surface area contributed by atoms with Crippen LogP contribution in [0, 0.1) is 6.92 Å². The van der Waals surface area contributed by atoms with Gasteiger partial charge in [0.1, 0.15) is 5.82 Å². The number of hydrogen-bond donors (Lipinski definition) is 1. The van der Waals surface area contributed by atoms with Crippen molar-refractivity contribution in [3.63, 3.8) is 0 Å². The van der Waals surface area contributed by atoms with Crippen LogP contribution >= 0.6 is 11.8 Å². The van der Waals surface area contributed by atoms with E-state index in [1.54, 1.807) is 25.3 Å². The Hall–Kier alpha value is -1.69. The minimum atomic E-state index is -0.374. The lowest BCUT2D eigenvalue weighted by Crippen LogP contribution is -2.17. The van der Waals surface area contributed by atoms with Crippen molar-refractivity contribution in [3.05, 3.63) is 28.7 Å². The van der Waals surface area contributed by atoms with Crippen LogP contribution in [-0.4, -0.2) is 21.1 Å². The lowest BCUT2D eigenvalue weighted by atomic mass is 10.3. The molecule has 15 heavy (non-hydrogen) atoms. The molecule has 1 saturated heterocycles. The Morgan fingerprint density at radius 2 is 2.27 bits per heavy atom. The van der Waals surface area contributed by atoms with Gasteiger partial charge in [-0.25, -0.2) is 9.97 Å². The first kappa shape index (κ1) is 9.85. The predicted molar refractivity (Wildman–Crippen MR) is 55.9 cm³/mol. The Morgan fingerprint density at radius 3 is 2.87 bits per heavy atom. The van der Waals surface area contributed by atoms with Crippen LogP contribution < -0.4 is 5.32 Å². The van der Waals surface area contributed by atoms with Gasteiger partial charge in [0.2, 0.25) is 0 Å². The second-order valence-corrected chi connectivity index (χ2v) is 3.90. The van der Waals surface area contributed by atoms with Crippen LogP contribution in [0.1, 0.15) is 11.5 Å². The maximum atomic E-state index is 11.2. The Labute approximate surface area is 90.0 Å². The lowest BCUT2D eigenvalue weighted by molar-refractivity contribution is -0.115. The zero-order valence-electron chi connectivity index (χ0n) is 7.85. The van der Waals surface area contributed by atoms with E-state index >= 15 is 0 Å². The Kier molecular flexibility index (Phi) is 2.51. The lowest BCUT2D eigenvalue weighted by Gasteiger charge is -1.94. The first-order chi connectivity index (χ1) is 7.15. The van der Waals surface area contributed by atoms with Crippen molar-refractivity contribution in [1.29, 1.82) is 0 Å². The fourth-order valence-electron chi connectivity index (χ4n) is 1.11. The number of aryl methyl sites for hydroxylation is 1. The average Bonchev–Trinajstić information content (AvgIpc) is 2.45. The molecule has 1 aromatic heterocycles. The van der Waals surface area contributed by atoms with E-state index in [2.05, 4.69) is 15.3 Å². The van der Waals surface area contributed by atoms with E-state index in [-0.39, 0.29) is 11.1 Å². The van der Waals surface area contributed by atoms with E-state index in [1.165, 1.54) is 0 Å². The molecule has 1 fully saturated rings. The second-order valence-electron chi connectivity index (χ2n) is 2.88. The van der Waals surface area contributed by atoms with Crippen LogP contribution in [0.3, 0.4) is 0 Å². The van der Waals surface area contributed by atoms with Gasteiger partial charge >= 0.3 is 0 Å². The molecule has 0 radical (unpaired) electrons. The topological polar surface area (TPSA) is 72.0 Å². The standard InChI is InChI=1S/C9H7N3O2S/c1-5-10-3-2-6(11-5)4-7-8(13)12-9(14)15-7/h2-4H,1H3,(H,12,13,14)/b7-4-. The van der Waals surface area contributed by atoms with Crippen LogP contribution in [0.2, 0.25) is 0 Å². The number of rotatable bonds is 1. The third-order valence-corrected chi connectivity index (χ3v) is 2.53. The number of amides is 2. The summed E-state index contributed by atoms with van der Waals surface area (Å²) in [7, 11) is 0. The van der Waals surface area contributed by atoms with Gasteiger partial charge in [-0.3, -0.25) is 14.9 Å². The van der Waals surface area contributed by atoms with Gasteiger partial charge in [0, 0.05) is 6.20 Å². The van der Waals surface area contributed by atoms with Crippen LogP contribution in [-0.2, 0) is 4.79 Å². The number of carbonyl (C=O) groups is 2. The maximum Gasteiger partial charge on any atom is 0.290 e. The highest BCUT2D eigenvalue weighted by molar-refractivity contribution is 8.18. The van der Waals surface area contributed by atoms with Gasteiger partial charge in [-0.05, 0) is 30.8 Å². The molecule has 2 heterocycles. The summed E-state index contributed by atoms with van der Waals surface area (Å²) in [4.78, 5) is 30.5. The highest BCUT2D eigenvalue weighted by Crippen LogP contribution is 2.24. The van der Waals surface area contributed by atoms with Gasteiger partial charge in [0.05, 0.1) is 10.6 Å². The summed E-state index contributed by atoms with van der Waals surface area (Å²) in [6.07, 6.45) is 3.17. The first-order valence-electron chi connectivity index (χ1n) is 4.19. The Balaban J connectivity index is 2.31. The summed E-state index contributed by atoms with van der Waals surface area (Å²) >= 11 is 0.875. The number of hydrogen-bond acceptors (Lipinski definition) is 5. The summed E-state index contributed by atoms with van der Waals surface area (Å²) in [5.41, 5.74) is 0.620. The van der Waals surface area contributed by atoms with Crippen molar-refractivity contribution >= 4 is 29.0 Å². The van der Waals surface area contributed by atoms with Gasteiger partial charge in [-0.15, -0.1) is 0 Å². The number of carbonyl (C=O) groups excluding carboxylic acids is 2. The van der Waals surface area contributed by atoms with Crippen LogP contribution in [0.4, 0.5) is 4.79 Å². The molecule has 1 aliphatic rings. The van der Waals surface area contributed by atoms with Gasteiger partial charge in [-0.2, -0.15) is 0 Å². The number of aromatic nitrogens is 2. The summed E-state index contributed by atoms with van der Waals surface area (Å²) in [5, 5.41) is 1.83. The fraction of sp³-hybridized carbons (Fsp3) is 0.111. The fourth-order valence-corrected chi connectivity index (χ4v) is 1.78. The molecule has 0 aliphatic carbocycles. The molecule has 0 saturated carbocycles. The maximum absolute atomic E-state index is 11.2. The molecule has 1 N–H and O–H groups in total. The molecule has 1 aromatic rings. The van der Waals surface area contributed by atoms with E-state index < -0.39 is 0 Å². The molecule has 0 unspecified atom stereocenters. The van der Waals surface area contributed by atoms with Gasteiger partial charge in [0.15, 0.2) is 0 Å². The molecule has 5 nitrogen and oxygen atoms in total. The minimum Gasteiger partial charge on any atom is -0.282 e. The summed E-state index contributed by atoms with van der Waals surface area (Å²) in [6, 6.07) is 1.68. The smallest absolute Gasteiger partial charge is 0.282 e. The molecule has 0 bridgehead atoms. The van der Waals surface area contributed by atoms with Crippen molar-refractivity contribution < 1.29 is 9.59 Å². The highest BCUT2D eigenvalue weighted by Gasteiger charge is 2.24. The van der Waals surface area contributed by atoms with E-state index in [1.807, 2.05) is 0 Å². The zero-order valence-corrected chi connectivity index (χ0v) is 8.67. The first-order valence-corrected chi connectivity index (χ1v) is 5.01. The summed E-state index contributed by atoms with van der Waals surface area (Å²) in [5.74, 6) is 0.250. The van der Waals surface area contributed by atoms with Gasteiger partial charge in [-0.1, -0.05) is 0 Å². The molecular weight excluding hydrogens is 214 g/mol. The largest absolute Gasteiger partial charge is 0.290 e. The van der Waals surface area contributed by atoms with Gasteiger partial charge < -0.3 is 0 Å². The molecule has 1 aliphatic heterocycles. The van der Waals surface area contributed by atoms with Crippen molar-refractivity contribution in [2.75, 3.05) is 0 Å². The highest BCUT2D eigenvalue weighted by atomic mass is 32.2. The molecule has 2 rings (SSSR count). The van der Waals surface area contributed by atoms with Crippen molar-refractivity contribution in [1.82, 2.24) is 15.3 Å².